The first kappa shape index (κ1) is 18.3. The van der Waals surface area contributed by atoms with Crippen LogP contribution >= 0.6 is 0 Å². The molecule has 3 rings (SSSR count). The summed E-state index contributed by atoms with van der Waals surface area (Å²) in [6.07, 6.45) is 3.25. The summed E-state index contributed by atoms with van der Waals surface area (Å²) in [6, 6.07) is 22.5. The second kappa shape index (κ2) is 8.23. The van der Waals surface area contributed by atoms with Crippen LogP contribution in [-0.4, -0.2) is 17.5 Å². The molecule has 0 saturated carbocycles. The number of hydrogen-bond acceptors (Lipinski definition) is 2. The Kier molecular flexibility index (Phi) is 5.57. The number of benzene rings is 2. The third-order valence-electron chi connectivity index (χ3n) is 4.32. The second-order valence-corrected chi connectivity index (χ2v) is 6.11. The molecule has 4 nitrogen and oxygen atoms in total. The molecular weight excluding hydrogens is 334 g/mol. The molecule has 27 heavy (non-hydrogen) atoms. The molecular formula is C23H23N3O. The van der Waals surface area contributed by atoms with Gasteiger partial charge in [0.25, 0.3) is 5.91 Å². The fraction of sp³-hybridized carbons (Fsp3) is 0.0870. The standard InChI is InChI=1S/C23H23N3O/c1-4-25-23(27)21(24-3)16-19-15-17(2)26(20-13-9-6-10-14-20)22(19)18-11-7-5-8-12-18/h4-16,24H,1H2,2-3H3,(H,25,27)/b21-16+. The van der Waals surface area contributed by atoms with Crippen molar-refractivity contribution >= 4 is 12.0 Å². The van der Waals surface area contributed by atoms with E-state index in [9.17, 15) is 4.79 Å². The summed E-state index contributed by atoms with van der Waals surface area (Å²) in [4.78, 5) is 12.3. The van der Waals surface area contributed by atoms with Gasteiger partial charge in [-0.05, 0) is 43.0 Å². The molecule has 4 heteroatoms. The molecule has 0 radical (unpaired) electrons. The maximum atomic E-state index is 12.3. The van der Waals surface area contributed by atoms with E-state index in [4.69, 9.17) is 0 Å². The highest BCUT2D eigenvalue weighted by atomic mass is 16.2. The normalized spacial score (nSPS) is 11.1. The van der Waals surface area contributed by atoms with Gasteiger partial charge in [-0.3, -0.25) is 4.79 Å². The van der Waals surface area contributed by atoms with Crippen molar-refractivity contribution in [1.29, 1.82) is 0 Å². The predicted octanol–water partition coefficient (Wildman–Crippen LogP) is 4.27. The Balaban J connectivity index is 2.23. The minimum absolute atomic E-state index is 0.225. The Morgan fingerprint density at radius 1 is 1.04 bits per heavy atom. The first-order valence-corrected chi connectivity index (χ1v) is 8.80. The van der Waals surface area contributed by atoms with Crippen LogP contribution in [0.4, 0.5) is 0 Å². The van der Waals surface area contributed by atoms with Crippen molar-refractivity contribution in [2.75, 3.05) is 7.05 Å². The van der Waals surface area contributed by atoms with Crippen molar-refractivity contribution in [2.24, 2.45) is 0 Å². The number of carbonyl (C=O) groups excluding carboxylic acids is 1. The third-order valence-corrected chi connectivity index (χ3v) is 4.32. The molecule has 0 spiro atoms. The number of aromatic nitrogens is 1. The first-order valence-electron chi connectivity index (χ1n) is 8.80. The molecule has 136 valence electrons. The van der Waals surface area contributed by atoms with Gasteiger partial charge in [-0.25, -0.2) is 0 Å². The van der Waals surface area contributed by atoms with E-state index < -0.39 is 0 Å². The lowest BCUT2D eigenvalue weighted by atomic mass is 10.1. The molecule has 2 N–H and O–H groups in total. The van der Waals surface area contributed by atoms with Gasteiger partial charge in [0, 0.05) is 24.0 Å². The highest BCUT2D eigenvalue weighted by Crippen LogP contribution is 2.32. The lowest BCUT2D eigenvalue weighted by Crippen LogP contribution is -2.26. The Labute approximate surface area is 159 Å². The lowest BCUT2D eigenvalue weighted by Gasteiger charge is -2.13. The van der Waals surface area contributed by atoms with Crippen molar-refractivity contribution in [2.45, 2.75) is 6.92 Å². The average Bonchev–Trinajstić information content (AvgIpc) is 3.03. The number of carbonyl (C=O) groups is 1. The summed E-state index contributed by atoms with van der Waals surface area (Å²) in [5, 5.41) is 5.59. The van der Waals surface area contributed by atoms with E-state index in [0.29, 0.717) is 5.70 Å². The molecule has 0 fully saturated rings. The molecule has 0 aliphatic heterocycles. The van der Waals surface area contributed by atoms with Gasteiger partial charge >= 0.3 is 0 Å². The van der Waals surface area contributed by atoms with Gasteiger partial charge in [-0.2, -0.15) is 0 Å². The number of rotatable bonds is 6. The zero-order valence-corrected chi connectivity index (χ0v) is 15.6. The Hall–Kier alpha value is -3.53. The lowest BCUT2D eigenvalue weighted by molar-refractivity contribution is -0.116. The number of likely N-dealkylation sites (N-methyl/N-ethyl adjacent to an activating group) is 1. The summed E-state index contributed by atoms with van der Waals surface area (Å²) in [5.41, 5.74) is 5.73. The van der Waals surface area contributed by atoms with Crippen molar-refractivity contribution in [3.05, 3.63) is 96.5 Å². The van der Waals surface area contributed by atoms with Crippen LogP contribution in [0.3, 0.4) is 0 Å². The number of nitrogens with zero attached hydrogens (tertiary/aromatic N) is 1. The number of hydrogen-bond donors (Lipinski definition) is 2. The van der Waals surface area contributed by atoms with Gasteiger partial charge in [0.15, 0.2) is 0 Å². The summed E-state index contributed by atoms with van der Waals surface area (Å²) in [7, 11) is 1.73. The van der Waals surface area contributed by atoms with Crippen molar-refractivity contribution in [1.82, 2.24) is 15.2 Å². The zero-order chi connectivity index (χ0) is 19.2. The average molecular weight is 357 g/mol. The van der Waals surface area contributed by atoms with Crippen LogP contribution in [0.25, 0.3) is 23.0 Å². The first-order chi connectivity index (χ1) is 13.2. The van der Waals surface area contributed by atoms with E-state index in [1.165, 1.54) is 6.20 Å². The molecule has 3 aromatic rings. The summed E-state index contributed by atoms with van der Waals surface area (Å²) >= 11 is 0. The van der Waals surface area contributed by atoms with Crippen LogP contribution in [0.5, 0.6) is 0 Å². The van der Waals surface area contributed by atoms with Crippen LogP contribution in [-0.2, 0) is 4.79 Å². The Morgan fingerprint density at radius 3 is 2.26 bits per heavy atom. The van der Waals surface area contributed by atoms with E-state index >= 15 is 0 Å². The van der Waals surface area contributed by atoms with Gasteiger partial charge in [0.05, 0.1) is 5.69 Å². The topological polar surface area (TPSA) is 46.1 Å². The van der Waals surface area contributed by atoms with Crippen molar-refractivity contribution < 1.29 is 4.79 Å². The van der Waals surface area contributed by atoms with Crippen LogP contribution < -0.4 is 10.6 Å². The Morgan fingerprint density at radius 2 is 1.67 bits per heavy atom. The zero-order valence-electron chi connectivity index (χ0n) is 15.6. The van der Waals surface area contributed by atoms with Gasteiger partial charge in [0.1, 0.15) is 5.70 Å². The number of amides is 1. The molecule has 1 aromatic heterocycles. The highest BCUT2D eigenvalue weighted by Gasteiger charge is 2.16. The predicted molar refractivity (Wildman–Crippen MR) is 111 cm³/mol. The largest absolute Gasteiger partial charge is 0.384 e. The SMILES string of the molecule is C=CNC(=O)/C(=C\c1cc(C)n(-c2ccccc2)c1-c1ccccc1)NC. The molecule has 0 aliphatic rings. The second-order valence-electron chi connectivity index (χ2n) is 6.11. The van der Waals surface area contributed by atoms with Gasteiger partial charge in [0.2, 0.25) is 0 Å². The summed E-state index contributed by atoms with van der Waals surface area (Å²) in [5.74, 6) is -0.225. The van der Waals surface area contributed by atoms with Crippen LogP contribution in [0.1, 0.15) is 11.3 Å². The summed E-state index contributed by atoms with van der Waals surface area (Å²) in [6.45, 7) is 5.63. The van der Waals surface area contributed by atoms with Gasteiger partial charge in [-0.15, -0.1) is 0 Å². The van der Waals surface area contributed by atoms with Crippen LogP contribution in [0, 0.1) is 6.92 Å². The minimum atomic E-state index is -0.225. The molecule has 1 amide bonds. The smallest absolute Gasteiger partial charge is 0.271 e. The van der Waals surface area contributed by atoms with Crippen molar-refractivity contribution in [3.8, 4) is 16.9 Å². The fourth-order valence-electron chi connectivity index (χ4n) is 3.15. The fourth-order valence-corrected chi connectivity index (χ4v) is 3.15. The number of nitrogens with one attached hydrogen (secondary N) is 2. The van der Waals surface area contributed by atoms with Crippen LogP contribution in [0.15, 0.2) is 85.2 Å². The molecule has 2 aromatic carbocycles. The van der Waals surface area contributed by atoms with Crippen molar-refractivity contribution in [3.63, 3.8) is 0 Å². The Bertz CT molecular complexity index is 970. The molecule has 0 aliphatic carbocycles. The number of aryl methyl sites for hydroxylation is 1. The molecule has 1 heterocycles. The molecule has 0 unspecified atom stereocenters. The van der Waals surface area contributed by atoms with E-state index in [2.05, 4.69) is 59.0 Å². The van der Waals surface area contributed by atoms with E-state index in [1.807, 2.05) is 42.5 Å². The minimum Gasteiger partial charge on any atom is -0.384 e. The summed E-state index contributed by atoms with van der Waals surface area (Å²) < 4.78 is 2.21. The van der Waals surface area contributed by atoms with Gasteiger partial charge in [-0.1, -0.05) is 55.1 Å². The number of para-hydroxylation sites is 1. The quantitative estimate of drug-likeness (QED) is 0.647. The van der Waals surface area contributed by atoms with E-state index in [0.717, 1.165) is 28.2 Å². The third kappa shape index (κ3) is 3.85. The molecule has 0 saturated heterocycles. The highest BCUT2D eigenvalue weighted by molar-refractivity contribution is 5.98. The van der Waals surface area contributed by atoms with E-state index in [-0.39, 0.29) is 5.91 Å². The molecule has 0 atom stereocenters. The maximum Gasteiger partial charge on any atom is 0.271 e. The monoisotopic (exact) mass is 357 g/mol. The molecule has 0 bridgehead atoms. The van der Waals surface area contributed by atoms with Crippen LogP contribution in [0.2, 0.25) is 0 Å². The maximum absolute atomic E-state index is 12.3. The van der Waals surface area contributed by atoms with E-state index in [1.54, 1.807) is 7.05 Å². The van der Waals surface area contributed by atoms with Gasteiger partial charge < -0.3 is 15.2 Å².